The van der Waals surface area contributed by atoms with Gasteiger partial charge in [-0.3, -0.25) is 4.79 Å². The molecule has 10 aliphatic rings. The molecule has 0 radical (unpaired) electrons. The third-order valence-corrected chi connectivity index (χ3v) is 27.7. The Kier molecular flexibility index (Phi) is 38.3. The van der Waals surface area contributed by atoms with E-state index in [1.807, 2.05) is 81.4 Å². The number of hydrogen-bond acceptors (Lipinski definition) is 21. The quantitative estimate of drug-likeness (QED) is 0.0216. The van der Waals surface area contributed by atoms with Crippen molar-refractivity contribution >= 4 is 75.6 Å². The van der Waals surface area contributed by atoms with Crippen LogP contribution in [0.15, 0.2) is 121 Å². The number of carbonyl (C=O) groups excluding carboxylic acids is 1. The van der Waals surface area contributed by atoms with Crippen LogP contribution in [0.25, 0.3) is 0 Å². The molecule has 150 heavy (non-hydrogen) atoms. The fourth-order valence-corrected chi connectivity index (χ4v) is 20.8. The number of fused-ring (bicyclic) bond motifs is 10. The van der Waals surface area contributed by atoms with Crippen LogP contribution in [0.1, 0.15) is 344 Å². The molecule has 0 fully saturated rings. The Morgan fingerprint density at radius 3 is 0.960 bits per heavy atom. The monoisotopic (exact) mass is 2090 g/mol. The van der Waals surface area contributed by atoms with Crippen molar-refractivity contribution in [3.05, 3.63) is 302 Å². The normalized spacial score (nSPS) is 19.1. The molecule has 12 aromatic rings. The molecular weight excluding hydrogens is 1970 g/mol. The van der Waals surface area contributed by atoms with Crippen molar-refractivity contribution in [2.75, 3.05) is 47.4 Å². The summed E-state index contributed by atoms with van der Waals surface area (Å²) in [6.07, 6.45) is 18.8. The zero-order valence-electron chi connectivity index (χ0n) is 84.0. The van der Waals surface area contributed by atoms with Crippen LogP contribution in [0.3, 0.4) is 0 Å². The van der Waals surface area contributed by atoms with E-state index in [2.05, 4.69) is 59.9 Å². The van der Waals surface area contributed by atoms with Crippen molar-refractivity contribution in [3.8, 4) is 0 Å². The maximum Gasteiger partial charge on any atom is 0.352 e. The summed E-state index contributed by atoms with van der Waals surface area (Å²) in [4.78, 5) is 147. The number of sulfonamides is 1. The van der Waals surface area contributed by atoms with Crippen molar-refractivity contribution in [3.63, 3.8) is 0 Å². The first-order valence-corrected chi connectivity index (χ1v) is 51.0. The van der Waals surface area contributed by atoms with E-state index in [1.54, 1.807) is 75.9 Å². The van der Waals surface area contributed by atoms with Gasteiger partial charge in [-0.15, -0.1) is 0 Å². The topological polar surface area (TPSA) is 680 Å². The second-order valence-electron chi connectivity index (χ2n) is 37.1. The van der Waals surface area contributed by atoms with Gasteiger partial charge in [0.15, 0.2) is 0 Å². The van der Waals surface area contributed by atoms with Crippen LogP contribution in [0.4, 0.5) is 0 Å². The molecule has 0 spiro atoms. The van der Waals surface area contributed by atoms with Crippen LogP contribution in [-0.2, 0) is 149 Å². The molecule has 2 aromatic carbocycles. The van der Waals surface area contributed by atoms with E-state index in [0.29, 0.717) is 45.9 Å². The third-order valence-electron chi connectivity index (χ3n) is 27.0. The van der Waals surface area contributed by atoms with E-state index in [4.69, 9.17) is 89.0 Å². The van der Waals surface area contributed by atoms with E-state index in [-0.39, 0.29) is 124 Å². The van der Waals surface area contributed by atoms with E-state index in [9.17, 15) is 61.2 Å². The van der Waals surface area contributed by atoms with Gasteiger partial charge in [-0.25, -0.2) is 61.1 Å². The number of H-pyrrole nitrogens is 10. The second kappa shape index (κ2) is 51.3. The second-order valence-corrected chi connectivity index (χ2v) is 38.9. The van der Waals surface area contributed by atoms with E-state index in [0.717, 1.165) is 246 Å². The molecule has 0 saturated carbocycles. The molecule has 0 unspecified atom stereocenters. The van der Waals surface area contributed by atoms with Gasteiger partial charge in [0.1, 0.15) is 56.9 Å². The molecule has 1 amide bonds. The number of benzene rings is 2. The highest BCUT2D eigenvalue weighted by Crippen LogP contribution is 2.41. The number of carboxylic acids is 10. The van der Waals surface area contributed by atoms with Crippen LogP contribution in [0.5, 0.6) is 0 Å². The smallest absolute Gasteiger partial charge is 0.352 e. The summed E-state index contributed by atoms with van der Waals surface area (Å²) in [6, 6.07) is 36.3. The number of methoxy groups -OCH3 is 3. The molecule has 10 aliphatic carbocycles. The lowest BCUT2D eigenvalue weighted by Gasteiger charge is -2.12. The number of carboxylic acid groups (broad SMARTS) is 10. The number of aryl methyl sites for hydroxylation is 7. The fraction of sp³-hybridized carbons (Fsp3) is 0.406. The summed E-state index contributed by atoms with van der Waals surface area (Å²) in [7, 11) is 1.69. The third kappa shape index (κ3) is 29.1. The molecule has 22 N–H and O–H groups in total. The number of amides is 1. The maximum atomic E-state index is 11.1. The van der Waals surface area contributed by atoms with E-state index >= 15 is 0 Å². The van der Waals surface area contributed by atoms with Crippen LogP contribution >= 0.6 is 0 Å². The lowest BCUT2D eigenvalue weighted by Crippen LogP contribution is -2.25. The van der Waals surface area contributed by atoms with Crippen LogP contribution < -0.4 is 10.0 Å². The first-order chi connectivity index (χ1) is 71.7. The van der Waals surface area contributed by atoms with Gasteiger partial charge in [-0.2, -0.15) is 0 Å². The molecule has 22 rings (SSSR count). The van der Waals surface area contributed by atoms with Crippen molar-refractivity contribution in [1.29, 1.82) is 0 Å². The van der Waals surface area contributed by atoms with Gasteiger partial charge in [-0.05, 0) is 227 Å². The molecule has 10 heterocycles. The summed E-state index contributed by atoms with van der Waals surface area (Å²) >= 11 is 0. The predicted molar refractivity (Wildman–Crippen MR) is 539 cm³/mol. The summed E-state index contributed by atoms with van der Waals surface area (Å²) in [5.41, 5.74) is 24.4. The van der Waals surface area contributed by atoms with Gasteiger partial charge in [0, 0.05) is 161 Å². The minimum Gasteiger partial charge on any atom is -0.477 e. The number of ether oxygens (including phenoxy) is 8. The van der Waals surface area contributed by atoms with Crippen molar-refractivity contribution in [2.45, 2.75) is 230 Å². The first kappa shape index (κ1) is 112. The van der Waals surface area contributed by atoms with Crippen molar-refractivity contribution in [1.82, 2.24) is 59.9 Å². The number of rotatable bonds is 28. The van der Waals surface area contributed by atoms with Crippen molar-refractivity contribution in [2.24, 2.45) is 0 Å². The Balaban J connectivity index is 0.000000139. The number of carbonyl (C=O) groups is 11. The number of aromatic amines is 10. The van der Waals surface area contributed by atoms with Crippen LogP contribution in [0, 0.1) is 0 Å². The standard InChI is InChI=1S/2C15H15NO3.C10H12N2O3.3C10H13NO3.C9H12N2O4S.3C9H11NO3/c17-15(18)14-7-11-6-12(8-13(11)16-14)19-9-10-4-2-1-3-5-10;17-15(18)12-8-11-6-7-13(14(11)16-12)19-9-10-4-2-1-3-5-10;1-5(13)11-7-2-3-8-6(7)4-9(12-8)10(14)15;1-2-14-7-3-6-4-9(10(12)13)11-8(6)5-7;1-2-14-9-4-3-7-6(9)5-8(11-7)10(12)13;1-2-14-8-4-3-6-5-7(10(12)13)11-9(6)8;1-16(14,15)11-7-3-2-6-5(7)4-8(10-6)9(12)13;1-13-6-2-5-3-8(9(11)12)10-7(5)4-6;1-13-8-3-2-6-5(8)4-7(10-6)9(11)12;1-13-7-3-2-5-4-6(9(11)12)10-8(5)7/h1-5,7,12,16H,6,8-9H2,(H,17,18);1-5,8,13,16H,6-7,9H2,(H,17,18);4,7,12H,2-3H2,1H3,(H,11,13)(H,14,15);4,7,11H,2-3,5H2,1H3,(H,12,13);5,9,11H,2-4H2,1H3,(H,12,13);5,8,11H,2-4H2,1H3,(H,12,13);4,7,10-11H,2-3H2,1H3,(H,12,13);3,6,10H,2,4H2,1H3,(H,11,12);4,8,10H,2-3H2,1H3,(H,11,12);4,7,10H,2-3H2,1H3,(H,11,12)/t12-;13-;2*7-;9-;8-;7-;6-;8-;7-/m1101010101/s1. The SMILES string of the molecule is CC(=O)N[C@H]1CCc2[nH]c(C(=O)O)cc21.CCO[C@@H]1CCc2cc(C(=O)O)[nH]c21.CCO[C@@H]1Cc2cc(C(=O)O)[nH]c2C1.CCO[C@H]1CCc2[nH]c(C(=O)O)cc21.CO[C@@H]1CCc2cc(C(=O)O)[nH]c21.CO[C@@H]1Cc2cc(C(=O)O)[nH]c2C1.CO[C@H]1CCc2[nH]c(C(=O)O)cc21.CS(=O)(=O)N[C@H]1CCc2[nH]c(C(=O)O)cc21.O=C(O)c1cc2c([nH]1)C[C@H](OCc1ccccc1)C2.O=C(O)c1cc2c([nH]1)[C@H](OCc1ccccc1)CC2. The molecule has 10 atom stereocenters. The Hall–Kier alpha value is -15.0. The highest BCUT2D eigenvalue weighted by Gasteiger charge is 2.36. The van der Waals surface area contributed by atoms with Gasteiger partial charge in [0.05, 0.1) is 74.3 Å². The Morgan fingerprint density at radius 2 is 0.587 bits per heavy atom. The lowest BCUT2D eigenvalue weighted by molar-refractivity contribution is -0.119. The minimum atomic E-state index is -3.27. The zero-order valence-corrected chi connectivity index (χ0v) is 84.8. The average Bonchev–Trinajstić information content (AvgIpc) is 1.66. The van der Waals surface area contributed by atoms with Crippen LogP contribution in [0.2, 0.25) is 0 Å². The minimum absolute atomic E-state index is 0.0247. The largest absolute Gasteiger partial charge is 0.477 e. The van der Waals surface area contributed by atoms with Gasteiger partial charge in [-0.1, -0.05) is 60.7 Å². The lowest BCUT2D eigenvalue weighted by atomic mass is 10.1. The van der Waals surface area contributed by atoms with E-state index in [1.165, 1.54) is 13.0 Å². The van der Waals surface area contributed by atoms with Crippen molar-refractivity contribution < 1.29 is 150 Å². The molecular formula is C106H126N12O31S. The summed E-state index contributed by atoms with van der Waals surface area (Å²) in [6.45, 7) is 10.5. The number of nitrogens with one attached hydrogen (secondary N) is 12. The first-order valence-electron chi connectivity index (χ1n) is 49.2. The fourth-order valence-electron chi connectivity index (χ4n) is 20.0. The number of aromatic carboxylic acids is 10. The Labute approximate surface area is 860 Å². The molecule has 43 nitrogen and oxygen atoms in total. The van der Waals surface area contributed by atoms with Gasteiger partial charge >= 0.3 is 59.7 Å². The summed E-state index contributed by atoms with van der Waals surface area (Å²) < 4.78 is 68.5. The van der Waals surface area contributed by atoms with Gasteiger partial charge in [0.25, 0.3) is 0 Å². The Bertz CT molecular complexity index is 6690. The van der Waals surface area contributed by atoms with E-state index < -0.39 is 69.7 Å². The molecule has 44 heteroatoms. The predicted octanol–water partition coefficient (Wildman–Crippen LogP) is 14.6. The van der Waals surface area contributed by atoms with Gasteiger partial charge < -0.3 is 144 Å². The zero-order chi connectivity index (χ0) is 108. The maximum absolute atomic E-state index is 11.1. The summed E-state index contributed by atoms with van der Waals surface area (Å²) in [5, 5.41) is 90.7. The van der Waals surface area contributed by atoms with Crippen LogP contribution in [-0.4, -0.2) is 241 Å². The molecule has 10 aromatic heterocycles. The van der Waals surface area contributed by atoms with Gasteiger partial charge in [0.2, 0.25) is 15.9 Å². The highest BCUT2D eigenvalue weighted by molar-refractivity contribution is 7.88. The highest BCUT2D eigenvalue weighted by atomic mass is 32.2. The average molecular weight is 2100 g/mol. The molecule has 0 saturated heterocycles. The molecule has 0 bridgehead atoms. The number of aromatic nitrogens is 10. The molecule has 0 aliphatic heterocycles. The molecule has 802 valence electrons. The summed E-state index contributed by atoms with van der Waals surface area (Å²) in [5.74, 6) is -9.36. The number of hydrogen-bond donors (Lipinski definition) is 22. The Morgan fingerprint density at radius 1 is 0.300 bits per heavy atom.